The fourth-order valence-corrected chi connectivity index (χ4v) is 3.46. The number of aromatic amines is 1. The summed E-state index contributed by atoms with van der Waals surface area (Å²) < 4.78 is 38.5. The third-order valence-corrected chi connectivity index (χ3v) is 4.51. The fourth-order valence-electron chi connectivity index (χ4n) is 2.27. The predicted octanol–water partition coefficient (Wildman–Crippen LogP) is 3.56. The van der Waals surface area contributed by atoms with Crippen molar-refractivity contribution in [2.75, 3.05) is 5.73 Å². The number of rotatable bonds is 1. The number of halogens is 3. The number of fused-ring (bicyclic) bond motifs is 1. The number of benzene rings is 1. The van der Waals surface area contributed by atoms with Gasteiger partial charge in [-0.05, 0) is 30.2 Å². The van der Waals surface area contributed by atoms with E-state index in [4.69, 9.17) is 5.73 Å². The zero-order chi connectivity index (χ0) is 16.1. The number of nitrogens with two attached hydrogens (primary N) is 1. The first-order chi connectivity index (χ1) is 10.3. The third kappa shape index (κ3) is 2.35. The highest BCUT2D eigenvalue weighted by molar-refractivity contribution is 7.22. The van der Waals surface area contributed by atoms with Crippen molar-refractivity contribution in [3.05, 3.63) is 45.7 Å². The van der Waals surface area contributed by atoms with Gasteiger partial charge in [0.2, 0.25) is 5.95 Å². The molecule has 0 fully saturated rings. The summed E-state index contributed by atoms with van der Waals surface area (Å²) in [6, 6.07) is 4.99. The Morgan fingerprint density at radius 3 is 2.73 bits per heavy atom. The first-order valence-corrected chi connectivity index (χ1v) is 7.05. The van der Waals surface area contributed by atoms with Gasteiger partial charge in [-0.2, -0.15) is 13.2 Å². The van der Waals surface area contributed by atoms with Crippen LogP contribution in [0, 0.1) is 6.92 Å². The smallest absolute Gasteiger partial charge is 0.369 e. The van der Waals surface area contributed by atoms with Crippen LogP contribution >= 0.6 is 11.3 Å². The van der Waals surface area contributed by atoms with E-state index in [0.717, 1.165) is 23.5 Å². The Kier molecular flexibility index (Phi) is 3.21. The second kappa shape index (κ2) is 4.84. The number of nitrogens with one attached hydrogen (secondary N) is 1. The van der Waals surface area contributed by atoms with E-state index in [1.54, 1.807) is 13.0 Å². The fraction of sp³-hybridized carbons (Fsp3) is 0.143. The second-order valence-electron chi connectivity index (χ2n) is 4.77. The maximum atomic E-state index is 12.8. The monoisotopic (exact) mass is 325 g/mol. The van der Waals surface area contributed by atoms with E-state index in [9.17, 15) is 18.0 Å². The molecular weight excluding hydrogens is 315 g/mol. The summed E-state index contributed by atoms with van der Waals surface area (Å²) in [4.78, 5) is 19.3. The maximum absolute atomic E-state index is 12.8. The van der Waals surface area contributed by atoms with Gasteiger partial charge >= 0.3 is 6.18 Å². The summed E-state index contributed by atoms with van der Waals surface area (Å²) in [6.45, 7) is 1.68. The molecule has 0 aliphatic heterocycles. The highest BCUT2D eigenvalue weighted by atomic mass is 32.1. The molecule has 114 valence electrons. The molecule has 3 rings (SSSR count). The van der Waals surface area contributed by atoms with Crippen LogP contribution in [0.4, 0.5) is 19.1 Å². The van der Waals surface area contributed by atoms with Crippen LogP contribution in [0.1, 0.15) is 11.1 Å². The Labute approximate surface area is 126 Å². The molecule has 0 saturated carbocycles. The molecule has 0 aliphatic carbocycles. The lowest BCUT2D eigenvalue weighted by Gasteiger charge is -2.08. The molecule has 0 amide bonds. The lowest BCUT2D eigenvalue weighted by molar-refractivity contribution is -0.137. The van der Waals surface area contributed by atoms with Gasteiger partial charge in [-0.1, -0.05) is 12.1 Å². The topological polar surface area (TPSA) is 71.8 Å². The quantitative estimate of drug-likeness (QED) is 0.718. The number of nitrogens with zero attached hydrogens (tertiary/aromatic N) is 1. The van der Waals surface area contributed by atoms with E-state index in [0.29, 0.717) is 26.2 Å². The largest absolute Gasteiger partial charge is 0.416 e. The highest BCUT2D eigenvalue weighted by Crippen LogP contribution is 2.38. The molecule has 4 nitrogen and oxygen atoms in total. The van der Waals surface area contributed by atoms with E-state index < -0.39 is 17.3 Å². The maximum Gasteiger partial charge on any atom is 0.416 e. The number of aromatic nitrogens is 2. The number of hydrogen-bond acceptors (Lipinski definition) is 4. The van der Waals surface area contributed by atoms with Crippen molar-refractivity contribution >= 4 is 27.5 Å². The second-order valence-corrected chi connectivity index (χ2v) is 5.77. The molecule has 0 bridgehead atoms. The van der Waals surface area contributed by atoms with E-state index in [-0.39, 0.29) is 5.95 Å². The van der Waals surface area contributed by atoms with Crippen molar-refractivity contribution in [1.29, 1.82) is 0 Å². The van der Waals surface area contributed by atoms with Gasteiger partial charge in [0.25, 0.3) is 5.56 Å². The minimum absolute atomic E-state index is 0.0191. The van der Waals surface area contributed by atoms with Crippen molar-refractivity contribution < 1.29 is 13.2 Å². The standard InChI is InChI=1S/C14H10F3N3OS/c1-6-9-11(21)19-13(18)20-12(9)22-10(6)7-3-2-4-8(5-7)14(15,16)17/h2-5H,1H3,(H3,18,19,20,21). The number of anilines is 1. The number of alkyl halides is 3. The van der Waals surface area contributed by atoms with Crippen LogP contribution in [0.3, 0.4) is 0 Å². The van der Waals surface area contributed by atoms with E-state index in [1.165, 1.54) is 6.07 Å². The summed E-state index contributed by atoms with van der Waals surface area (Å²) in [7, 11) is 0. The molecule has 1 aromatic carbocycles. The van der Waals surface area contributed by atoms with Gasteiger partial charge in [0.1, 0.15) is 4.83 Å². The lowest BCUT2D eigenvalue weighted by atomic mass is 10.1. The van der Waals surface area contributed by atoms with E-state index in [1.807, 2.05) is 0 Å². The molecule has 3 N–H and O–H groups in total. The number of H-pyrrole nitrogens is 1. The van der Waals surface area contributed by atoms with Gasteiger partial charge in [-0.3, -0.25) is 9.78 Å². The molecule has 22 heavy (non-hydrogen) atoms. The minimum Gasteiger partial charge on any atom is -0.369 e. The van der Waals surface area contributed by atoms with Crippen LogP contribution in [0.25, 0.3) is 20.7 Å². The molecule has 0 spiro atoms. The molecule has 0 saturated heterocycles. The summed E-state index contributed by atoms with van der Waals surface area (Å²) in [5.41, 5.74) is 5.36. The minimum atomic E-state index is -4.42. The van der Waals surface area contributed by atoms with E-state index >= 15 is 0 Å². The molecule has 2 aromatic heterocycles. The molecule has 0 atom stereocenters. The number of aryl methyl sites for hydroxylation is 1. The summed E-state index contributed by atoms with van der Waals surface area (Å²) >= 11 is 1.15. The number of nitrogen functional groups attached to an aromatic ring is 1. The van der Waals surface area contributed by atoms with Gasteiger partial charge in [0, 0.05) is 4.88 Å². The SMILES string of the molecule is Cc1c(-c2cccc(C(F)(F)F)c2)sc2nc(N)[nH]c(=O)c12. The highest BCUT2D eigenvalue weighted by Gasteiger charge is 2.30. The number of thiophene rings is 1. The van der Waals surface area contributed by atoms with Crippen molar-refractivity contribution in [1.82, 2.24) is 9.97 Å². The summed E-state index contributed by atoms with van der Waals surface area (Å²) in [5.74, 6) is -0.0191. The zero-order valence-corrected chi connectivity index (χ0v) is 12.1. The van der Waals surface area contributed by atoms with Crippen LogP contribution in [-0.4, -0.2) is 9.97 Å². The molecule has 3 aromatic rings. The molecule has 0 aliphatic rings. The van der Waals surface area contributed by atoms with E-state index in [2.05, 4.69) is 9.97 Å². The number of hydrogen-bond donors (Lipinski definition) is 2. The molecular formula is C14H10F3N3OS. The summed E-state index contributed by atoms with van der Waals surface area (Å²) in [6.07, 6.45) is -4.42. The first-order valence-electron chi connectivity index (χ1n) is 6.24. The lowest BCUT2D eigenvalue weighted by Crippen LogP contribution is -2.10. The van der Waals surface area contributed by atoms with Crippen molar-refractivity contribution in [2.45, 2.75) is 13.1 Å². The Hall–Kier alpha value is -2.35. The average molecular weight is 325 g/mol. The Balaban J connectivity index is 2.25. The van der Waals surface area contributed by atoms with Crippen LogP contribution in [0.15, 0.2) is 29.1 Å². The van der Waals surface area contributed by atoms with Crippen LogP contribution in [0.5, 0.6) is 0 Å². The van der Waals surface area contributed by atoms with Gasteiger partial charge in [0.15, 0.2) is 0 Å². The first kappa shape index (κ1) is 14.6. The molecule has 0 unspecified atom stereocenters. The third-order valence-electron chi connectivity index (χ3n) is 3.27. The van der Waals surface area contributed by atoms with Gasteiger partial charge < -0.3 is 5.73 Å². The molecule has 8 heteroatoms. The van der Waals surface area contributed by atoms with Crippen LogP contribution < -0.4 is 11.3 Å². The van der Waals surface area contributed by atoms with Crippen molar-refractivity contribution in [3.8, 4) is 10.4 Å². The normalized spacial score (nSPS) is 12.0. The van der Waals surface area contributed by atoms with Gasteiger partial charge in [0.05, 0.1) is 10.9 Å². The Bertz CT molecular complexity index is 927. The molecule has 2 heterocycles. The Morgan fingerprint density at radius 2 is 2.05 bits per heavy atom. The average Bonchev–Trinajstić information content (AvgIpc) is 2.75. The molecule has 0 radical (unpaired) electrons. The van der Waals surface area contributed by atoms with Gasteiger partial charge in [-0.15, -0.1) is 11.3 Å². The zero-order valence-electron chi connectivity index (χ0n) is 11.3. The van der Waals surface area contributed by atoms with Crippen LogP contribution in [0.2, 0.25) is 0 Å². The van der Waals surface area contributed by atoms with Gasteiger partial charge in [-0.25, -0.2) is 4.98 Å². The van der Waals surface area contributed by atoms with Crippen molar-refractivity contribution in [3.63, 3.8) is 0 Å². The Morgan fingerprint density at radius 1 is 1.32 bits per heavy atom. The summed E-state index contributed by atoms with van der Waals surface area (Å²) in [5, 5.41) is 0.353. The van der Waals surface area contributed by atoms with Crippen LogP contribution in [-0.2, 0) is 6.18 Å². The predicted molar refractivity (Wildman–Crippen MR) is 79.8 cm³/mol. The van der Waals surface area contributed by atoms with Crippen molar-refractivity contribution in [2.24, 2.45) is 0 Å².